The quantitative estimate of drug-likeness (QED) is 0.671. The van der Waals surface area contributed by atoms with Crippen molar-refractivity contribution in [1.29, 1.82) is 0 Å². The Kier molecular flexibility index (Phi) is 4.34. The van der Waals surface area contributed by atoms with Crippen molar-refractivity contribution >= 4 is 11.6 Å². The fourth-order valence-corrected chi connectivity index (χ4v) is 6.97. The third kappa shape index (κ3) is 2.28. The average molecular weight is 390 g/mol. The van der Waals surface area contributed by atoms with E-state index in [2.05, 4.69) is 0 Å². The zero-order valence-electron chi connectivity index (χ0n) is 16.2. The van der Waals surface area contributed by atoms with Gasteiger partial charge < -0.3 is 15.3 Å². The summed E-state index contributed by atoms with van der Waals surface area (Å²) in [5.41, 5.74) is -2.20. The second-order valence-electron chi connectivity index (χ2n) is 9.38. The lowest BCUT2D eigenvalue weighted by Gasteiger charge is -2.59. The van der Waals surface area contributed by atoms with Crippen molar-refractivity contribution in [2.45, 2.75) is 51.2 Å². The molecule has 0 aromatic carbocycles. The van der Waals surface area contributed by atoms with Crippen LogP contribution in [0, 0.1) is 28.6 Å². The van der Waals surface area contributed by atoms with Gasteiger partial charge in [0.05, 0.1) is 12.4 Å². The predicted octanol–water partition coefficient (Wildman–Crippen LogP) is 2.02. The molecule has 0 aromatic rings. The maximum absolute atomic E-state index is 13.8. The Morgan fingerprint density at radius 1 is 1.39 bits per heavy atom. The van der Waals surface area contributed by atoms with Crippen molar-refractivity contribution in [2.75, 3.05) is 6.61 Å². The van der Waals surface area contributed by atoms with Crippen LogP contribution in [0.4, 0.5) is 4.39 Å². The molecule has 0 bridgehead atoms. The molecule has 4 aliphatic carbocycles. The Morgan fingerprint density at radius 3 is 2.75 bits per heavy atom. The van der Waals surface area contributed by atoms with E-state index >= 15 is 0 Å². The summed E-state index contributed by atoms with van der Waals surface area (Å²) in [7, 11) is 0. The molecular formula is C22H27FO5. The average Bonchev–Trinajstić information content (AvgIpc) is 2.92. The molecule has 3 fully saturated rings. The van der Waals surface area contributed by atoms with Crippen molar-refractivity contribution < 1.29 is 29.3 Å². The van der Waals surface area contributed by atoms with Gasteiger partial charge in [0.25, 0.3) is 0 Å². The van der Waals surface area contributed by atoms with Gasteiger partial charge >= 0.3 is 0 Å². The number of rotatable bonds is 2. The fourth-order valence-electron chi connectivity index (χ4n) is 6.97. The van der Waals surface area contributed by atoms with Gasteiger partial charge in [-0.15, -0.1) is 0 Å². The largest absolute Gasteiger partial charge is 0.393 e. The van der Waals surface area contributed by atoms with Crippen LogP contribution in [0.5, 0.6) is 0 Å². The number of hydrogen-bond acceptors (Lipinski definition) is 5. The van der Waals surface area contributed by atoms with E-state index in [1.54, 1.807) is 6.08 Å². The lowest BCUT2D eigenvalue weighted by molar-refractivity contribution is -0.176. The molecule has 3 saturated carbocycles. The van der Waals surface area contributed by atoms with Gasteiger partial charge in [0.2, 0.25) is 0 Å². The second kappa shape index (κ2) is 6.18. The SMILES string of the molecule is C[C@]12C=CC(=O)C=C1/C(=C/F)C[C@@H]1[C@@H]2[C@@H](O)C[C@@]2(C)[C@H]1CC[C@]2(O)C(=O)CO. The van der Waals surface area contributed by atoms with E-state index in [-0.39, 0.29) is 36.4 Å². The summed E-state index contributed by atoms with van der Waals surface area (Å²) < 4.78 is 13.8. The molecule has 0 aliphatic heterocycles. The van der Waals surface area contributed by atoms with Crippen LogP contribution in [0.25, 0.3) is 0 Å². The van der Waals surface area contributed by atoms with E-state index in [4.69, 9.17) is 0 Å². The minimum absolute atomic E-state index is 0.0965. The van der Waals surface area contributed by atoms with Crippen molar-refractivity contribution in [3.05, 3.63) is 35.7 Å². The number of carbonyl (C=O) groups excluding carboxylic acids is 2. The molecule has 152 valence electrons. The molecule has 4 aliphatic rings. The molecule has 0 radical (unpaired) electrons. The van der Waals surface area contributed by atoms with Crippen LogP contribution in [0.15, 0.2) is 35.7 Å². The standard InChI is InChI=1S/C22H27FO5/c1-20-5-3-13(25)8-16(20)12(10-23)7-14-15-4-6-22(28,18(27)11-24)21(15,2)9-17(26)19(14)20/h3,5,8,10,14-15,17,19,24,26,28H,4,6-7,9,11H2,1-2H3/b12-10+/t14-,15-,17-,19+,20-,21-,22-/m0/s1. The molecule has 0 aromatic heterocycles. The number of allylic oxidation sites excluding steroid dienone is 5. The molecule has 0 heterocycles. The van der Waals surface area contributed by atoms with Gasteiger partial charge in [-0.25, -0.2) is 4.39 Å². The predicted molar refractivity (Wildman–Crippen MR) is 99.6 cm³/mol. The Labute approximate surface area is 163 Å². The van der Waals surface area contributed by atoms with Crippen LogP contribution >= 0.6 is 0 Å². The van der Waals surface area contributed by atoms with Crippen LogP contribution < -0.4 is 0 Å². The summed E-state index contributed by atoms with van der Waals surface area (Å²) in [6.07, 6.45) is 5.81. The topological polar surface area (TPSA) is 94.8 Å². The zero-order chi connectivity index (χ0) is 20.5. The third-order valence-electron chi connectivity index (χ3n) is 8.30. The summed E-state index contributed by atoms with van der Waals surface area (Å²) in [6, 6.07) is 0. The van der Waals surface area contributed by atoms with Crippen LogP contribution in [0.3, 0.4) is 0 Å². The first-order valence-corrected chi connectivity index (χ1v) is 9.92. The van der Waals surface area contributed by atoms with Gasteiger partial charge in [0, 0.05) is 16.7 Å². The van der Waals surface area contributed by atoms with Crippen LogP contribution in [0.2, 0.25) is 0 Å². The van der Waals surface area contributed by atoms with Gasteiger partial charge in [-0.1, -0.05) is 19.9 Å². The smallest absolute Gasteiger partial charge is 0.190 e. The first kappa shape index (κ1) is 19.7. The van der Waals surface area contributed by atoms with Crippen LogP contribution in [-0.2, 0) is 9.59 Å². The zero-order valence-corrected chi connectivity index (χ0v) is 16.2. The van der Waals surface area contributed by atoms with Crippen LogP contribution in [-0.4, -0.2) is 45.2 Å². The molecule has 4 rings (SSSR count). The van der Waals surface area contributed by atoms with Gasteiger partial charge in [-0.2, -0.15) is 0 Å². The number of aliphatic hydroxyl groups excluding tert-OH is 2. The summed E-state index contributed by atoms with van der Waals surface area (Å²) in [5, 5.41) is 31.8. The van der Waals surface area contributed by atoms with E-state index < -0.39 is 34.9 Å². The number of aliphatic hydroxyl groups is 3. The molecule has 0 amide bonds. The lowest BCUT2D eigenvalue weighted by atomic mass is 9.45. The number of hydrogen-bond donors (Lipinski definition) is 3. The van der Waals surface area contributed by atoms with E-state index in [1.807, 2.05) is 13.8 Å². The highest BCUT2D eigenvalue weighted by Gasteiger charge is 2.68. The molecule has 3 N–H and O–H groups in total. The summed E-state index contributed by atoms with van der Waals surface area (Å²) in [6.45, 7) is 2.99. The van der Waals surface area contributed by atoms with Crippen molar-refractivity contribution in [3.8, 4) is 0 Å². The second-order valence-corrected chi connectivity index (χ2v) is 9.38. The van der Waals surface area contributed by atoms with Crippen LogP contribution in [0.1, 0.15) is 39.5 Å². The first-order valence-electron chi connectivity index (χ1n) is 9.92. The summed E-state index contributed by atoms with van der Waals surface area (Å²) >= 11 is 0. The fraction of sp³-hybridized carbons (Fsp3) is 0.636. The number of carbonyl (C=O) groups is 2. The Morgan fingerprint density at radius 2 is 2.11 bits per heavy atom. The van der Waals surface area contributed by atoms with Gasteiger partial charge in [-0.3, -0.25) is 9.59 Å². The van der Waals surface area contributed by atoms with E-state index in [1.165, 1.54) is 12.2 Å². The van der Waals surface area contributed by atoms with E-state index in [0.717, 1.165) is 0 Å². The van der Waals surface area contributed by atoms with Gasteiger partial charge in [-0.05, 0) is 60.8 Å². The molecule has 5 nitrogen and oxygen atoms in total. The minimum atomic E-state index is -1.69. The molecule has 0 spiro atoms. The number of Topliss-reactive ketones (excluding diaryl/α,β-unsaturated/α-hetero) is 1. The first-order chi connectivity index (χ1) is 13.1. The highest BCUT2D eigenvalue weighted by atomic mass is 19.1. The van der Waals surface area contributed by atoms with E-state index in [9.17, 15) is 29.3 Å². The van der Waals surface area contributed by atoms with E-state index in [0.29, 0.717) is 30.3 Å². The molecule has 28 heavy (non-hydrogen) atoms. The normalized spacial score (nSPS) is 48.7. The Bertz CT molecular complexity index is 829. The summed E-state index contributed by atoms with van der Waals surface area (Å²) in [4.78, 5) is 24.3. The highest BCUT2D eigenvalue weighted by Crippen LogP contribution is 2.67. The van der Waals surface area contributed by atoms with Crippen molar-refractivity contribution in [3.63, 3.8) is 0 Å². The number of fused-ring (bicyclic) bond motifs is 5. The maximum Gasteiger partial charge on any atom is 0.190 e. The highest BCUT2D eigenvalue weighted by molar-refractivity contribution is 6.02. The van der Waals surface area contributed by atoms with Gasteiger partial charge in [0.15, 0.2) is 11.6 Å². The number of ketones is 2. The van der Waals surface area contributed by atoms with Gasteiger partial charge in [0.1, 0.15) is 12.2 Å². The minimum Gasteiger partial charge on any atom is -0.393 e. The molecule has 7 atom stereocenters. The molecule has 0 unspecified atom stereocenters. The molecule has 6 heteroatoms. The lowest BCUT2D eigenvalue weighted by Crippen LogP contribution is -2.61. The monoisotopic (exact) mass is 390 g/mol. The van der Waals surface area contributed by atoms with Crippen molar-refractivity contribution in [2.24, 2.45) is 28.6 Å². The van der Waals surface area contributed by atoms with Crippen molar-refractivity contribution in [1.82, 2.24) is 0 Å². The molecular weight excluding hydrogens is 363 g/mol. The molecule has 0 saturated heterocycles. The third-order valence-corrected chi connectivity index (χ3v) is 8.30. The summed E-state index contributed by atoms with van der Waals surface area (Å²) in [5.74, 6) is -1.28. The Hall–Kier alpha value is -1.63. The number of halogens is 1. The Balaban J connectivity index is 1.82. The maximum atomic E-state index is 13.8.